The number of nitrogens with one attached hydrogen (secondary N) is 1. The van der Waals surface area contributed by atoms with Crippen molar-refractivity contribution in [1.29, 1.82) is 0 Å². The van der Waals surface area contributed by atoms with Gasteiger partial charge in [0.05, 0.1) is 12.6 Å². The van der Waals surface area contributed by atoms with Crippen LogP contribution in [0.25, 0.3) is 0 Å². The molecular weight excluding hydrogens is 266 g/mol. The first-order chi connectivity index (χ1) is 9.56. The summed E-state index contributed by atoms with van der Waals surface area (Å²) in [5, 5.41) is 3.43. The van der Waals surface area contributed by atoms with Gasteiger partial charge in [-0.2, -0.15) is 0 Å². The molecule has 0 aliphatic carbocycles. The van der Waals surface area contributed by atoms with Crippen LogP contribution in [0.15, 0.2) is 24.3 Å². The molecule has 2 rings (SSSR count). The number of thiophene rings is 1. The van der Waals surface area contributed by atoms with Crippen LogP contribution in [0.4, 0.5) is 0 Å². The van der Waals surface area contributed by atoms with E-state index in [4.69, 9.17) is 4.74 Å². The van der Waals surface area contributed by atoms with Crippen LogP contribution in [0.5, 0.6) is 5.75 Å². The average molecular weight is 289 g/mol. The van der Waals surface area contributed by atoms with Crippen LogP contribution in [-0.2, 0) is 0 Å². The minimum Gasteiger partial charge on any atom is -0.494 e. The molecule has 20 heavy (non-hydrogen) atoms. The molecule has 1 atom stereocenters. The van der Waals surface area contributed by atoms with Crippen LogP contribution in [0.3, 0.4) is 0 Å². The average Bonchev–Trinajstić information content (AvgIpc) is 2.73. The SMILES string of the molecule is CCOc1ccc(C)cc1C(NC)c1cc(C)c(C)s1. The molecule has 0 saturated heterocycles. The highest BCUT2D eigenvalue weighted by Gasteiger charge is 2.19. The molecule has 108 valence electrons. The van der Waals surface area contributed by atoms with Gasteiger partial charge in [0.15, 0.2) is 0 Å². The zero-order valence-electron chi connectivity index (χ0n) is 12.9. The molecule has 0 spiro atoms. The zero-order chi connectivity index (χ0) is 14.7. The van der Waals surface area contributed by atoms with Gasteiger partial charge in [0, 0.05) is 15.3 Å². The van der Waals surface area contributed by atoms with E-state index in [9.17, 15) is 0 Å². The maximum Gasteiger partial charge on any atom is 0.124 e. The molecule has 1 aromatic carbocycles. The van der Waals surface area contributed by atoms with E-state index in [-0.39, 0.29) is 6.04 Å². The van der Waals surface area contributed by atoms with Crippen molar-refractivity contribution in [2.75, 3.05) is 13.7 Å². The molecule has 1 N–H and O–H groups in total. The predicted octanol–water partition coefficient (Wildman–Crippen LogP) is 4.38. The Hall–Kier alpha value is -1.32. The molecule has 1 heterocycles. The number of aryl methyl sites for hydroxylation is 3. The molecule has 0 radical (unpaired) electrons. The second-order valence-corrected chi connectivity index (χ2v) is 6.37. The van der Waals surface area contributed by atoms with Crippen LogP contribution in [-0.4, -0.2) is 13.7 Å². The number of hydrogen-bond donors (Lipinski definition) is 1. The second kappa shape index (κ2) is 6.42. The number of benzene rings is 1. The van der Waals surface area contributed by atoms with Crippen LogP contribution in [0.1, 0.15) is 39.4 Å². The highest BCUT2D eigenvalue weighted by molar-refractivity contribution is 7.12. The summed E-state index contributed by atoms with van der Waals surface area (Å²) in [5.74, 6) is 0.973. The lowest BCUT2D eigenvalue weighted by Gasteiger charge is -2.19. The minimum absolute atomic E-state index is 0.189. The second-order valence-electron chi connectivity index (χ2n) is 5.08. The van der Waals surface area contributed by atoms with E-state index >= 15 is 0 Å². The van der Waals surface area contributed by atoms with Crippen LogP contribution < -0.4 is 10.1 Å². The Morgan fingerprint density at radius 1 is 1.20 bits per heavy atom. The highest BCUT2D eigenvalue weighted by Crippen LogP contribution is 2.35. The Labute approximate surface area is 125 Å². The fourth-order valence-corrected chi connectivity index (χ4v) is 3.55. The quantitative estimate of drug-likeness (QED) is 0.882. The Morgan fingerprint density at radius 3 is 2.50 bits per heavy atom. The third kappa shape index (κ3) is 3.05. The lowest BCUT2D eigenvalue weighted by Crippen LogP contribution is -2.17. The standard InChI is InChI=1S/C17H23NOS/c1-6-19-15-8-7-11(2)9-14(15)17(18-5)16-10-12(3)13(4)20-16/h7-10,17-18H,6H2,1-5H3. The van der Waals surface area contributed by atoms with Gasteiger partial charge < -0.3 is 10.1 Å². The lowest BCUT2D eigenvalue weighted by molar-refractivity contribution is 0.334. The molecule has 0 fully saturated rings. The maximum atomic E-state index is 5.80. The zero-order valence-corrected chi connectivity index (χ0v) is 13.7. The first-order valence-corrected chi connectivity index (χ1v) is 7.86. The summed E-state index contributed by atoms with van der Waals surface area (Å²) in [5.41, 5.74) is 3.83. The van der Waals surface area contributed by atoms with E-state index < -0.39 is 0 Å². The topological polar surface area (TPSA) is 21.3 Å². The van der Waals surface area contributed by atoms with Crippen molar-refractivity contribution in [1.82, 2.24) is 5.32 Å². The monoisotopic (exact) mass is 289 g/mol. The van der Waals surface area contributed by atoms with Gasteiger partial charge in [0.25, 0.3) is 0 Å². The van der Waals surface area contributed by atoms with Crippen LogP contribution in [0.2, 0.25) is 0 Å². The van der Waals surface area contributed by atoms with Gasteiger partial charge in [-0.1, -0.05) is 17.7 Å². The first kappa shape index (κ1) is 15.1. The molecule has 0 amide bonds. The van der Waals surface area contributed by atoms with Gasteiger partial charge in [-0.05, 0) is 52.4 Å². The fraction of sp³-hybridized carbons (Fsp3) is 0.412. The highest BCUT2D eigenvalue weighted by atomic mass is 32.1. The third-order valence-corrected chi connectivity index (χ3v) is 4.75. The van der Waals surface area contributed by atoms with Gasteiger partial charge in [-0.3, -0.25) is 0 Å². The van der Waals surface area contributed by atoms with Crippen molar-refractivity contribution in [2.24, 2.45) is 0 Å². The van der Waals surface area contributed by atoms with E-state index in [1.54, 1.807) is 0 Å². The summed E-state index contributed by atoms with van der Waals surface area (Å²) < 4.78 is 5.80. The summed E-state index contributed by atoms with van der Waals surface area (Å²) in [6.45, 7) is 9.18. The predicted molar refractivity (Wildman–Crippen MR) is 87.0 cm³/mol. The van der Waals surface area contributed by atoms with Gasteiger partial charge in [0.1, 0.15) is 5.75 Å². The van der Waals surface area contributed by atoms with Gasteiger partial charge in [-0.15, -0.1) is 11.3 Å². The van der Waals surface area contributed by atoms with E-state index in [2.05, 4.69) is 50.4 Å². The fourth-order valence-electron chi connectivity index (χ4n) is 2.38. The molecule has 1 unspecified atom stereocenters. The molecular formula is C17H23NOS. The van der Waals surface area contributed by atoms with Crippen molar-refractivity contribution in [3.8, 4) is 5.75 Å². The Morgan fingerprint density at radius 2 is 1.95 bits per heavy atom. The Kier molecular flexibility index (Phi) is 4.84. The Bertz CT molecular complexity index is 569. The molecule has 2 aromatic rings. The van der Waals surface area contributed by atoms with Crippen molar-refractivity contribution >= 4 is 11.3 Å². The normalized spacial score (nSPS) is 12.4. The minimum atomic E-state index is 0.189. The molecule has 2 nitrogen and oxygen atoms in total. The van der Waals surface area contributed by atoms with Gasteiger partial charge >= 0.3 is 0 Å². The molecule has 1 aromatic heterocycles. The summed E-state index contributed by atoms with van der Waals surface area (Å²) in [7, 11) is 2.01. The molecule has 3 heteroatoms. The van der Waals surface area contributed by atoms with Gasteiger partial charge in [0.2, 0.25) is 0 Å². The third-order valence-electron chi connectivity index (χ3n) is 3.53. The summed E-state index contributed by atoms with van der Waals surface area (Å²) >= 11 is 1.86. The van der Waals surface area contributed by atoms with E-state index in [1.165, 1.54) is 26.4 Å². The summed E-state index contributed by atoms with van der Waals surface area (Å²) in [6, 6.07) is 8.86. The molecule has 0 aliphatic heterocycles. The smallest absolute Gasteiger partial charge is 0.124 e. The van der Waals surface area contributed by atoms with Gasteiger partial charge in [-0.25, -0.2) is 0 Å². The summed E-state index contributed by atoms with van der Waals surface area (Å²) in [6.07, 6.45) is 0. The van der Waals surface area contributed by atoms with Crippen LogP contribution in [0, 0.1) is 20.8 Å². The number of ether oxygens (including phenoxy) is 1. The number of hydrogen-bond acceptors (Lipinski definition) is 3. The Balaban J connectivity index is 2.47. The van der Waals surface area contributed by atoms with E-state index in [1.807, 2.05) is 25.3 Å². The largest absolute Gasteiger partial charge is 0.494 e. The molecule has 0 saturated carbocycles. The molecule has 0 aliphatic rings. The van der Waals surface area contributed by atoms with Crippen LogP contribution >= 0.6 is 11.3 Å². The van der Waals surface area contributed by atoms with Crippen molar-refractivity contribution < 1.29 is 4.74 Å². The van der Waals surface area contributed by atoms with Crippen molar-refractivity contribution in [3.05, 3.63) is 50.7 Å². The van der Waals surface area contributed by atoms with E-state index in [0.29, 0.717) is 6.61 Å². The van der Waals surface area contributed by atoms with E-state index in [0.717, 1.165) is 5.75 Å². The lowest BCUT2D eigenvalue weighted by atomic mass is 10.0. The first-order valence-electron chi connectivity index (χ1n) is 7.04. The van der Waals surface area contributed by atoms with Crippen molar-refractivity contribution in [2.45, 2.75) is 33.7 Å². The molecule has 0 bridgehead atoms. The maximum absolute atomic E-state index is 5.80. The summed E-state index contributed by atoms with van der Waals surface area (Å²) in [4.78, 5) is 2.72. The number of rotatable bonds is 5. The van der Waals surface area contributed by atoms with Crippen molar-refractivity contribution in [3.63, 3.8) is 0 Å².